The van der Waals surface area contributed by atoms with Crippen LogP contribution < -0.4 is 5.73 Å². The van der Waals surface area contributed by atoms with Gasteiger partial charge in [-0.05, 0) is 41.1 Å². The van der Waals surface area contributed by atoms with Crippen molar-refractivity contribution in [2.45, 2.75) is 13.0 Å². The van der Waals surface area contributed by atoms with Gasteiger partial charge in [0.2, 0.25) is 0 Å². The number of hydrogen-bond acceptors (Lipinski definition) is 2. The molecule has 1 aromatic carbocycles. The summed E-state index contributed by atoms with van der Waals surface area (Å²) >= 11 is 7.86. The quantitative estimate of drug-likeness (QED) is 0.870. The van der Waals surface area contributed by atoms with Gasteiger partial charge in [0.25, 0.3) is 5.91 Å². The van der Waals surface area contributed by atoms with Crippen LogP contribution in [-0.2, 0) is 0 Å². The highest BCUT2D eigenvalue weighted by Crippen LogP contribution is 2.18. The topological polar surface area (TPSA) is 46.3 Å². The Bertz CT molecular complexity index is 467. The average Bonchev–Trinajstić information content (AvgIpc) is 2.29. The second-order valence-corrected chi connectivity index (χ2v) is 4.95. The predicted molar refractivity (Wildman–Crippen MR) is 72.4 cm³/mol. The van der Waals surface area contributed by atoms with Crippen molar-refractivity contribution >= 4 is 39.0 Å². The van der Waals surface area contributed by atoms with Crippen molar-refractivity contribution in [2.75, 3.05) is 7.05 Å². The molecular formula is C11H12BrFN2OS. The molecular weight excluding hydrogens is 307 g/mol. The van der Waals surface area contributed by atoms with Gasteiger partial charge in [-0.1, -0.05) is 12.2 Å². The lowest BCUT2D eigenvalue weighted by Gasteiger charge is -2.24. The van der Waals surface area contributed by atoms with Gasteiger partial charge in [0.05, 0.1) is 15.5 Å². The maximum absolute atomic E-state index is 13.0. The minimum atomic E-state index is -0.411. The summed E-state index contributed by atoms with van der Waals surface area (Å²) in [6.07, 6.45) is 0. The van der Waals surface area contributed by atoms with Gasteiger partial charge < -0.3 is 10.6 Å². The minimum Gasteiger partial charge on any atom is -0.392 e. The summed E-state index contributed by atoms with van der Waals surface area (Å²) < 4.78 is 13.3. The Morgan fingerprint density at radius 1 is 1.59 bits per heavy atom. The van der Waals surface area contributed by atoms with E-state index in [-0.39, 0.29) is 21.4 Å². The minimum absolute atomic E-state index is 0.238. The monoisotopic (exact) mass is 318 g/mol. The van der Waals surface area contributed by atoms with Crippen LogP contribution in [0.3, 0.4) is 0 Å². The number of thiocarbonyl (C=S) groups is 1. The van der Waals surface area contributed by atoms with E-state index in [2.05, 4.69) is 15.9 Å². The Kier molecular flexibility index (Phi) is 4.59. The smallest absolute Gasteiger partial charge is 0.254 e. The van der Waals surface area contributed by atoms with E-state index in [1.807, 2.05) is 0 Å². The lowest BCUT2D eigenvalue weighted by atomic mass is 10.1. The molecule has 0 saturated carbocycles. The molecule has 0 fully saturated rings. The van der Waals surface area contributed by atoms with Crippen molar-refractivity contribution < 1.29 is 9.18 Å². The van der Waals surface area contributed by atoms with E-state index < -0.39 is 5.82 Å². The highest BCUT2D eigenvalue weighted by molar-refractivity contribution is 9.10. The zero-order valence-corrected chi connectivity index (χ0v) is 11.8. The SMILES string of the molecule is CC(C(N)=S)N(C)C(=O)c1ccc(F)c(Br)c1. The molecule has 3 nitrogen and oxygen atoms in total. The van der Waals surface area contributed by atoms with Crippen molar-refractivity contribution in [1.82, 2.24) is 4.90 Å². The van der Waals surface area contributed by atoms with Crippen LogP contribution >= 0.6 is 28.1 Å². The van der Waals surface area contributed by atoms with E-state index >= 15 is 0 Å². The van der Waals surface area contributed by atoms with Gasteiger partial charge in [-0.2, -0.15) is 0 Å². The molecule has 17 heavy (non-hydrogen) atoms. The molecule has 0 saturated heterocycles. The number of amides is 1. The lowest BCUT2D eigenvalue weighted by molar-refractivity contribution is 0.0779. The van der Waals surface area contributed by atoms with Gasteiger partial charge >= 0.3 is 0 Å². The number of rotatable bonds is 3. The van der Waals surface area contributed by atoms with Gasteiger partial charge in [-0.15, -0.1) is 0 Å². The van der Waals surface area contributed by atoms with E-state index in [1.54, 1.807) is 14.0 Å². The summed E-state index contributed by atoms with van der Waals surface area (Å²) in [7, 11) is 1.60. The van der Waals surface area contributed by atoms with Gasteiger partial charge in [0.1, 0.15) is 5.82 Å². The maximum Gasteiger partial charge on any atom is 0.254 e. The van der Waals surface area contributed by atoms with E-state index in [9.17, 15) is 9.18 Å². The number of carbonyl (C=O) groups excluding carboxylic acids is 1. The second-order valence-electron chi connectivity index (χ2n) is 3.62. The molecule has 0 aromatic heterocycles. The fourth-order valence-electron chi connectivity index (χ4n) is 1.20. The van der Waals surface area contributed by atoms with Crippen molar-refractivity contribution in [1.29, 1.82) is 0 Å². The van der Waals surface area contributed by atoms with Gasteiger partial charge in [0, 0.05) is 12.6 Å². The molecule has 1 rings (SSSR count). The predicted octanol–water partition coefficient (Wildman–Crippen LogP) is 2.33. The maximum atomic E-state index is 13.0. The Morgan fingerprint density at radius 2 is 2.18 bits per heavy atom. The van der Waals surface area contributed by atoms with E-state index in [1.165, 1.54) is 23.1 Å². The van der Waals surface area contributed by atoms with Crippen LogP contribution in [-0.4, -0.2) is 28.9 Å². The lowest BCUT2D eigenvalue weighted by Crippen LogP contribution is -2.42. The highest BCUT2D eigenvalue weighted by atomic mass is 79.9. The second kappa shape index (κ2) is 5.55. The van der Waals surface area contributed by atoms with Crippen LogP contribution in [0.5, 0.6) is 0 Å². The normalized spacial score (nSPS) is 12.0. The van der Waals surface area contributed by atoms with E-state index in [0.29, 0.717) is 5.56 Å². The molecule has 0 aliphatic heterocycles. The largest absolute Gasteiger partial charge is 0.392 e. The molecule has 0 spiro atoms. The standard InChI is InChI=1S/C11H12BrFN2OS/c1-6(10(14)17)15(2)11(16)7-3-4-9(13)8(12)5-7/h3-6H,1-2H3,(H2,14,17). The van der Waals surface area contributed by atoms with Crippen LogP contribution in [0, 0.1) is 5.82 Å². The number of nitrogens with two attached hydrogens (primary N) is 1. The number of benzene rings is 1. The van der Waals surface area contributed by atoms with Crippen LogP contribution in [0.1, 0.15) is 17.3 Å². The Labute approximate surface area is 113 Å². The third-order valence-electron chi connectivity index (χ3n) is 2.48. The van der Waals surface area contributed by atoms with E-state index in [0.717, 1.165) is 0 Å². The molecule has 0 aliphatic carbocycles. The first-order valence-corrected chi connectivity index (χ1v) is 6.06. The fraction of sp³-hybridized carbons (Fsp3) is 0.273. The number of hydrogen-bond donors (Lipinski definition) is 1. The first-order valence-electron chi connectivity index (χ1n) is 4.86. The summed E-state index contributed by atoms with van der Waals surface area (Å²) in [4.78, 5) is 13.7. The average molecular weight is 319 g/mol. The molecule has 6 heteroatoms. The van der Waals surface area contributed by atoms with E-state index in [4.69, 9.17) is 18.0 Å². The van der Waals surface area contributed by atoms with Crippen LogP contribution in [0.2, 0.25) is 0 Å². The Balaban J connectivity index is 2.96. The summed E-state index contributed by atoms with van der Waals surface area (Å²) in [5.41, 5.74) is 5.85. The van der Waals surface area contributed by atoms with Gasteiger partial charge in [-0.25, -0.2) is 4.39 Å². The van der Waals surface area contributed by atoms with Crippen LogP contribution in [0.15, 0.2) is 22.7 Å². The molecule has 1 aromatic rings. The summed E-state index contributed by atoms with van der Waals surface area (Å²) in [5, 5.41) is 0. The van der Waals surface area contributed by atoms with Crippen molar-refractivity contribution in [3.63, 3.8) is 0 Å². The molecule has 1 amide bonds. The van der Waals surface area contributed by atoms with Crippen molar-refractivity contribution in [3.05, 3.63) is 34.1 Å². The number of likely N-dealkylation sites (N-methyl/N-ethyl adjacent to an activating group) is 1. The van der Waals surface area contributed by atoms with Crippen LogP contribution in [0.4, 0.5) is 4.39 Å². The van der Waals surface area contributed by atoms with Crippen molar-refractivity contribution in [3.8, 4) is 0 Å². The highest BCUT2D eigenvalue weighted by Gasteiger charge is 2.19. The third kappa shape index (κ3) is 3.23. The molecule has 92 valence electrons. The third-order valence-corrected chi connectivity index (χ3v) is 3.43. The first kappa shape index (κ1) is 14.1. The fourth-order valence-corrected chi connectivity index (χ4v) is 1.74. The Morgan fingerprint density at radius 3 is 2.65 bits per heavy atom. The molecule has 0 bridgehead atoms. The zero-order chi connectivity index (χ0) is 13.2. The van der Waals surface area contributed by atoms with Gasteiger partial charge in [-0.3, -0.25) is 4.79 Å². The number of nitrogens with zero attached hydrogens (tertiary/aromatic N) is 1. The zero-order valence-electron chi connectivity index (χ0n) is 9.41. The first-order chi connectivity index (χ1) is 7.84. The van der Waals surface area contributed by atoms with Crippen LogP contribution in [0.25, 0.3) is 0 Å². The Hall–Kier alpha value is -1.01. The number of halogens is 2. The summed E-state index contributed by atoms with van der Waals surface area (Å²) in [5.74, 6) is -0.669. The molecule has 1 unspecified atom stereocenters. The molecule has 2 N–H and O–H groups in total. The molecule has 0 heterocycles. The molecule has 0 radical (unpaired) electrons. The number of carbonyl (C=O) groups is 1. The molecule has 0 aliphatic rings. The van der Waals surface area contributed by atoms with Crippen molar-refractivity contribution in [2.24, 2.45) is 5.73 Å². The molecule has 1 atom stereocenters. The summed E-state index contributed by atoms with van der Waals surface area (Å²) in [6, 6.07) is 3.74. The summed E-state index contributed by atoms with van der Waals surface area (Å²) in [6.45, 7) is 1.73. The van der Waals surface area contributed by atoms with Gasteiger partial charge in [0.15, 0.2) is 0 Å².